The Morgan fingerprint density at radius 2 is 1.97 bits per heavy atom. The Morgan fingerprint density at radius 1 is 1.15 bits per heavy atom. The number of likely N-dealkylation sites (tertiary alicyclic amines) is 1. The number of halogens is 1. The highest BCUT2D eigenvalue weighted by atomic mass is 35.5. The molecule has 7 heteroatoms. The molecule has 3 aliphatic rings. The molecule has 0 aromatic heterocycles. The summed E-state index contributed by atoms with van der Waals surface area (Å²) in [6, 6.07) is 17.5. The first-order valence-corrected chi connectivity index (χ1v) is 11.5. The topological polar surface area (TPSA) is 62.8 Å². The number of nitrogens with one attached hydrogen (secondary N) is 2. The number of urea groups is 1. The molecule has 176 valence electrons. The molecule has 2 aromatic carbocycles. The molecule has 2 amide bonds. The quantitative estimate of drug-likeness (QED) is 0.616. The van der Waals surface area contributed by atoms with Gasteiger partial charge < -0.3 is 20.1 Å². The van der Waals surface area contributed by atoms with E-state index in [0.717, 1.165) is 50.3 Å². The standard InChI is InChI=1S/C26H31N3O3.ClH/c1-2-13-27-25(30)28-21-10-11-26(20-8-9-22-23(15-20)32-18-31-22)12-14-29(24(26)16-21)17-19-6-4-3-5-7-19;/h2-9,15,21,24H,1,10-14,16-18H2,(H2,27,28,30);1H. The van der Waals surface area contributed by atoms with Gasteiger partial charge in [0.1, 0.15) is 0 Å². The first-order chi connectivity index (χ1) is 15.7. The van der Waals surface area contributed by atoms with Gasteiger partial charge in [0.15, 0.2) is 11.5 Å². The van der Waals surface area contributed by atoms with E-state index in [-0.39, 0.29) is 29.9 Å². The highest BCUT2D eigenvalue weighted by Crippen LogP contribution is 2.51. The van der Waals surface area contributed by atoms with Crippen LogP contribution in [0.5, 0.6) is 11.5 Å². The Labute approximate surface area is 201 Å². The van der Waals surface area contributed by atoms with E-state index in [4.69, 9.17) is 9.47 Å². The van der Waals surface area contributed by atoms with Crippen molar-refractivity contribution in [3.05, 3.63) is 72.3 Å². The Morgan fingerprint density at radius 3 is 2.79 bits per heavy atom. The molecule has 33 heavy (non-hydrogen) atoms. The van der Waals surface area contributed by atoms with Crippen LogP contribution in [0.1, 0.15) is 36.8 Å². The summed E-state index contributed by atoms with van der Waals surface area (Å²) in [4.78, 5) is 14.9. The van der Waals surface area contributed by atoms with Crippen molar-refractivity contribution >= 4 is 18.4 Å². The second kappa shape index (κ2) is 10.1. The van der Waals surface area contributed by atoms with Crippen LogP contribution in [0.25, 0.3) is 0 Å². The number of amides is 2. The van der Waals surface area contributed by atoms with Gasteiger partial charge in [-0.05, 0) is 55.5 Å². The second-order valence-corrected chi connectivity index (χ2v) is 9.06. The molecule has 0 bridgehead atoms. The first kappa shape index (κ1) is 23.5. The fraction of sp³-hybridized carbons (Fsp3) is 0.423. The Hall–Kier alpha value is -2.70. The summed E-state index contributed by atoms with van der Waals surface area (Å²) in [5.41, 5.74) is 2.72. The van der Waals surface area contributed by atoms with Crippen LogP contribution in [0.4, 0.5) is 4.79 Å². The minimum Gasteiger partial charge on any atom is -0.454 e. The van der Waals surface area contributed by atoms with E-state index in [1.165, 1.54) is 11.1 Å². The SMILES string of the molecule is C=CCNC(=O)NC1CCC2(c3ccc4c(c3)OCO4)CCN(Cc3ccccc3)C2C1.Cl. The van der Waals surface area contributed by atoms with E-state index in [0.29, 0.717) is 19.4 Å². The van der Waals surface area contributed by atoms with E-state index in [1.807, 2.05) is 0 Å². The Balaban J connectivity index is 0.00000259. The molecule has 6 nitrogen and oxygen atoms in total. The van der Waals surface area contributed by atoms with Gasteiger partial charge in [-0.3, -0.25) is 4.90 Å². The van der Waals surface area contributed by atoms with Crippen LogP contribution in [0.3, 0.4) is 0 Å². The normalized spacial score (nSPS) is 25.6. The van der Waals surface area contributed by atoms with Crippen molar-refractivity contribution in [2.75, 3.05) is 19.9 Å². The summed E-state index contributed by atoms with van der Waals surface area (Å²) in [5, 5.41) is 6.04. The molecular formula is C26H32ClN3O3. The summed E-state index contributed by atoms with van der Waals surface area (Å²) in [6.45, 7) is 6.41. The van der Waals surface area contributed by atoms with Crippen LogP contribution in [0, 0.1) is 0 Å². The number of hydrogen-bond acceptors (Lipinski definition) is 4. The number of nitrogens with zero attached hydrogens (tertiary/aromatic N) is 1. The number of hydrogen-bond donors (Lipinski definition) is 2. The van der Waals surface area contributed by atoms with Crippen molar-refractivity contribution in [1.29, 1.82) is 0 Å². The zero-order chi connectivity index (χ0) is 22.0. The molecule has 0 spiro atoms. The van der Waals surface area contributed by atoms with Gasteiger partial charge in [-0.1, -0.05) is 42.5 Å². The smallest absolute Gasteiger partial charge is 0.315 e. The van der Waals surface area contributed by atoms with Crippen molar-refractivity contribution in [2.45, 2.75) is 49.7 Å². The average molecular weight is 470 g/mol. The van der Waals surface area contributed by atoms with E-state index < -0.39 is 0 Å². The third-order valence-corrected chi connectivity index (χ3v) is 7.29. The maximum absolute atomic E-state index is 12.3. The first-order valence-electron chi connectivity index (χ1n) is 11.5. The van der Waals surface area contributed by atoms with Gasteiger partial charge in [0.05, 0.1) is 0 Å². The predicted molar refractivity (Wildman–Crippen MR) is 131 cm³/mol. The van der Waals surface area contributed by atoms with Gasteiger partial charge in [0.25, 0.3) is 0 Å². The Kier molecular flexibility index (Phi) is 7.15. The highest BCUT2D eigenvalue weighted by molar-refractivity contribution is 5.85. The van der Waals surface area contributed by atoms with Crippen molar-refractivity contribution in [3.8, 4) is 11.5 Å². The second-order valence-electron chi connectivity index (χ2n) is 9.06. The summed E-state index contributed by atoms with van der Waals surface area (Å²) in [6.07, 6.45) is 5.74. The zero-order valence-corrected chi connectivity index (χ0v) is 19.6. The lowest BCUT2D eigenvalue weighted by Crippen LogP contribution is -2.53. The third kappa shape index (κ3) is 4.68. The molecule has 1 saturated carbocycles. The number of rotatable bonds is 6. The summed E-state index contributed by atoms with van der Waals surface area (Å²) >= 11 is 0. The number of carbonyl (C=O) groups excluding carboxylic acids is 1. The van der Waals surface area contributed by atoms with E-state index >= 15 is 0 Å². The van der Waals surface area contributed by atoms with Crippen LogP contribution < -0.4 is 20.1 Å². The molecule has 5 rings (SSSR count). The maximum atomic E-state index is 12.3. The largest absolute Gasteiger partial charge is 0.454 e. The highest BCUT2D eigenvalue weighted by Gasteiger charge is 2.51. The number of benzene rings is 2. The van der Waals surface area contributed by atoms with Crippen LogP contribution in [-0.4, -0.2) is 42.9 Å². The molecule has 2 fully saturated rings. The van der Waals surface area contributed by atoms with Crippen LogP contribution >= 0.6 is 12.4 Å². The lowest BCUT2D eigenvalue weighted by Gasteiger charge is -2.45. The minimum atomic E-state index is -0.113. The van der Waals surface area contributed by atoms with Gasteiger partial charge >= 0.3 is 6.03 Å². The molecule has 0 radical (unpaired) electrons. The molecule has 2 aliphatic heterocycles. The summed E-state index contributed by atoms with van der Waals surface area (Å²) in [7, 11) is 0. The van der Waals surface area contributed by atoms with Gasteiger partial charge in [-0.15, -0.1) is 19.0 Å². The summed E-state index contributed by atoms with van der Waals surface area (Å²) in [5.74, 6) is 1.68. The van der Waals surface area contributed by atoms with E-state index in [1.54, 1.807) is 6.08 Å². The molecule has 1 aliphatic carbocycles. The monoisotopic (exact) mass is 469 g/mol. The molecule has 2 aromatic rings. The third-order valence-electron chi connectivity index (χ3n) is 7.29. The number of fused-ring (bicyclic) bond motifs is 2. The average Bonchev–Trinajstić information content (AvgIpc) is 3.43. The van der Waals surface area contributed by atoms with Crippen molar-refractivity contribution < 1.29 is 14.3 Å². The molecule has 2 N–H and O–H groups in total. The molecular weight excluding hydrogens is 438 g/mol. The van der Waals surface area contributed by atoms with Crippen molar-refractivity contribution in [1.82, 2.24) is 15.5 Å². The number of ether oxygens (including phenoxy) is 2. The van der Waals surface area contributed by atoms with Crippen LogP contribution in [0.2, 0.25) is 0 Å². The minimum absolute atomic E-state index is 0. The molecule has 3 atom stereocenters. The molecule has 2 heterocycles. The fourth-order valence-electron chi connectivity index (χ4n) is 5.73. The molecule has 1 saturated heterocycles. The lowest BCUT2D eigenvalue weighted by molar-refractivity contribution is 0.130. The molecule has 3 unspecified atom stereocenters. The van der Waals surface area contributed by atoms with Gasteiger partial charge in [0.2, 0.25) is 6.79 Å². The zero-order valence-electron chi connectivity index (χ0n) is 18.8. The predicted octanol–water partition coefficient (Wildman–Crippen LogP) is 4.39. The lowest BCUT2D eigenvalue weighted by atomic mass is 9.65. The van der Waals surface area contributed by atoms with E-state index in [2.05, 4.69) is 70.6 Å². The van der Waals surface area contributed by atoms with Crippen molar-refractivity contribution in [3.63, 3.8) is 0 Å². The maximum Gasteiger partial charge on any atom is 0.315 e. The van der Waals surface area contributed by atoms with E-state index in [9.17, 15) is 4.79 Å². The van der Waals surface area contributed by atoms with Crippen LogP contribution in [-0.2, 0) is 12.0 Å². The number of carbonyl (C=O) groups is 1. The van der Waals surface area contributed by atoms with Gasteiger partial charge in [-0.2, -0.15) is 0 Å². The van der Waals surface area contributed by atoms with Crippen LogP contribution in [0.15, 0.2) is 61.2 Å². The summed E-state index contributed by atoms with van der Waals surface area (Å²) < 4.78 is 11.2. The van der Waals surface area contributed by atoms with Gasteiger partial charge in [0, 0.05) is 30.6 Å². The van der Waals surface area contributed by atoms with Gasteiger partial charge in [-0.25, -0.2) is 4.79 Å². The Bertz CT molecular complexity index is 986. The fourth-order valence-corrected chi connectivity index (χ4v) is 5.73. The van der Waals surface area contributed by atoms with Crippen molar-refractivity contribution in [2.24, 2.45) is 0 Å².